The molecule has 1 N–H and O–H groups in total. The van der Waals surface area contributed by atoms with Crippen molar-refractivity contribution in [3.8, 4) is 0 Å². The van der Waals surface area contributed by atoms with Gasteiger partial charge in [0.25, 0.3) is 0 Å². The molecule has 5 nitrogen and oxygen atoms in total. The molecule has 0 radical (unpaired) electrons. The Kier molecular flexibility index (Phi) is 7.25. The third kappa shape index (κ3) is 5.04. The first-order valence-corrected chi connectivity index (χ1v) is 8.60. The molecule has 1 aromatic rings. The SMILES string of the molecule is CCN(CC)CCS[C@H](C)C(=O)Nc1c(C)nn(C)c1C. The van der Waals surface area contributed by atoms with Gasteiger partial charge in [-0.15, -0.1) is 11.8 Å². The van der Waals surface area contributed by atoms with E-state index in [1.807, 2.05) is 27.8 Å². The lowest BCUT2D eigenvalue weighted by atomic mass is 10.3. The molecular formula is C15H28N4OS. The molecule has 120 valence electrons. The first-order chi connectivity index (χ1) is 9.90. The van der Waals surface area contributed by atoms with Gasteiger partial charge in [0.1, 0.15) is 0 Å². The summed E-state index contributed by atoms with van der Waals surface area (Å²) in [7, 11) is 1.89. The van der Waals surface area contributed by atoms with Gasteiger partial charge >= 0.3 is 0 Å². The lowest BCUT2D eigenvalue weighted by Gasteiger charge is -2.19. The van der Waals surface area contributed by atoms with Crippen molar-refractivity contribution in [2.75, 3.05) is 30.7 Å². The summed E-state index contributed by atoms with van der Waals surface area (Å²) in [5.74, 6) is 1.03. The summed E-state index contributed by atoms with van der Waals surface area (Å²) < 4.78 is 1.79. The van der Waals surface area contributed by atoms with Crippen LogP contribution in [0.3, 0.4) is 0 Å². The minimum atomic E-state index is -0.0560. The molecule has 6 heteroatoms. The van der Waals surface area contributed by atoms with Crippen LogP contribution in [0.4, 0.5) is 5.69 Å². The predicted octanol–water partition coefficient (Wildman–Crippen LogP) is 2.44. The first kappa shape index (κ1) is 18.0. The number of carbonyl (C=O) groups excluding carboxylic acids is 1. The van der Waals surface area contributed by atoms with Crippen molar-refractivity contribution in [2.24, 2.45) is 7.05 Å². The second-order valence-electron chi connectivity index (χ2n) is 5.20. The second kappa shape index (κ2) is 8.44. The molecule has 1 heterocycles. The average Bonchev–Trinajstić information content (AvgIpc) is 2.69. The summed E-state index contributed by atoms with van der Waals surface area (Å²) in [6.07, 6.45) is 0. The molecule has 0 saturated carbocycles. The van der Waals surface area contributed by atoms with Gasteiger partial charge in [-0.25, -0.2) is 0 Å². The van der Waals surface area contributed by atoms with Gasteiger partial charge in [0.05, 0.1) is 22.3 Å². The highest BCUT2D eigenvalue weighted by Crippen LogP contribution is 2.20. The molecule has 0 saturated heterocycles. The number of nitrogens with zero attached hydrogens (tertiary/aromatic N) is 3. The summed E-state index contributed by atoms with van der Waals surface area (Å²) in [5, 5.41) is 7.27. The van der Waals surface area contributed by atoms with Crippen LogP contribution in [0.1, 0.15) is 32.2 Å². The molecule has 0 aliphatic carbocycles. The van der Waals surface area contributed by atoms with E-state index in [2.05, 4.69) is 29.2 Å². The van der Waals surface area contributed by atoms with Gasteiger partial charge in [-0.05, 0) is 33.9 Å². The quantitative estimate of drug-likeness (QED) is 0.801. The van der Waals surface area contributed by atoms with E-state index in [1.165, 1.54) is 0 Å². The molecule has 21 heavy (non-hydrogen) atoms. The lowest BCUT2D eigenvalue weighted by molar-refractivity contribution is -0.115. The molecule has 0 spiro atoms. The van der Waals surface area contributed by atoms with Crippen molar-refractivity contribution in [1.29, 1.82) is 0 Å². The van der Waals surface area contributed by atoms with E-state index < -0.39 is 0 Å². The molecule has 0 unspecified atom stereocenters. The predicted molar refractivity (Wildman–Crippen MR) is 91.0 cm³/mol. The van der Waals surface area contributed by atoms with Gasteiger partial charge in [-0.1, -0.05) is 13.8 Å². The lowest BCUT2D eigenvalue weighted by Crippen LogP contribution is -2.28. The number of amides is 1. The third-order valence-electron chi connectivity index (χ3n) is 3.80. The number of anilines is 1. The number of rotatable bonds is 8. The van der Waals surface area contributed by atoms with E-state index in [-0.39, 0.29) is 11.2 Å². The van der Waals surface area contributed by atoms with E-state index in [0.29, 0.717) is 0 Å². The number of hydrogen-bond donors (Lipinski definition) is 1. The molecule has 0 fully saturated rings. The van der Waals surface area contributed by atoms with E-state index >= 15 is 0 Å². The van der Waals surface area contributed by atoms with E-state index in [9.17, 15) is 4.79 Å². The highest BCUT2D eigenvalue weighted by Gasteiger charge is 2.17. The van der Waals surface area contributed by atoms with Crippen LogP contribution in [-0.2, 0) is 11.8 Å². The summed E-state index contributed by atoms with van der Waals surface area (Å²) >= 11 is 1.70. The van der Waals surface area contributed by atoms with Gasteiger partial charge in [0.15, 0.2) is 0 Å². The molecule has 0 aliphatic rings. The number of hydrogen-bond acceptors (Lipinski definition) is 4. The maximum atomic E-state index is 12.3. The number of aromatic nitrogens is 2. The summed E-state index contributed by atoms with van der Waals surface area (Å²) in [5.41, 5.74) is 2.70. The minimum absolute atomic E-state index is 0.0544. The zero-order valence-corrected chi connectivity index (χ0v) is 14.9. The molecule has 1 rings (SSSR count). The van der Waals surface area contributed by atoms with Gasteiger partial charge < -0.3 is 10.2 Å². The normalized spacial score (nSPS) is 12.7. The molecular weight excluding hydrogens is 284 g/mol. The van der Waals surface area contributed by atoms with Gasteiger partial charge in [-0.2, -0.15) is 5.10 Å². The topological polar surface area (TPSA) is 50.2 Å². The maximum Gasteiger partial charge on any atom is 0.237 e. The third-order valence-corrected chi connectivity index (χ3v) is 4.93. The molecule has 0 bridgehead atoms. The second-order valence-corrected chi connectivity index (χ2v) is 6.65. The number of carbonyl (C=O) groups is 1. The van der Waals surface area contributed by atoms with Crippen molar-refractivity contribution >= 4 is 23.4 Å². The Balaban J connectivity index is 2.48. The summed E-state index contributed by atoms with van der Waals surface area (Å²) in [6.45, 7) is 13.3. The van der Waals surface area contributed by atoms with E-state index in [1.54, 1.807) is 16.4 Å². The smallest absolute Gasteiger partial charge is 0.237 e. The van der Waals surface area contributed by atoms with Crippen LogP contribution in [-0.4, -0.2) is 51.2 Å². The number of thioether (sulfide) groups is 1. The molecule has 0 aromatic carbocycles. The zero-order chi connectivity index (χ0) is 16.0. The van der Waals surface area contributed by atoms with Crippen LogP contribution >= 0.6 is 11.8 Å². The Hall–Kier alpha value is -1.01. The maximum absolute atomic E-state index is 12.3. The average molecular weight is 312 g/mol. The molecule has 1 amide bonds. The van der Waals surface area contributed by atoms with Crippen LogP contribution in [0.2, 0.25) is 0 Å². The van der Waals surface area contributed by atoms with Crippen molar-refractivity contribution in [3.05, 3.63) is 11.4 Å². The molecule has 1 aromatic heterocycles. The number of aryl methyl sites for hydroxylation is 2. The Morgan fingerprint density at radius 3 is 2.48 bits per heavy atom. The Morgan fingerprint density at radius 1 is 1.38 bits per heavy atom. The zero-order valence-electron chi connectivity index (χ0n) is 14.1. The first-order valence-electron chi connectivity index (χ1n) is 7.55. The van der Waals surface area contributed by atoms with Crippen LogP contribution < -0.4 is 5.32 Å². The Bertz CT molecular complexity index is 468. The fraction of sp³-hybridized carbons (Fsp3) is 0.733. The van der Waals surface area contributed by atoms with Crippen LogP contribution in [0.15, 0.2) is 0 Å². The van der Waals surface area contributed by atoms with E-state index in [0.717, 1.165) is 42.5 Å². The Labute approximate surface area is 132 Å². The summed E-state index contributed by atoms with van der Waals surface area (Å²) in [6, 6.07) is 0. The van der Waals surface area contributed by atoms with Gasteiger partial charge in [-0.3, -0.25) is 9.48 Å². The summed E-state index contributed by atoms with van der Waals surface area (Å²) in [4.78, 5) is 14.6. The largest absolute Gasteiger partial charge is 0.322 e. The van der Waals surface area contributed by atoms with Crippen LogP contribution in [0.25, 0.3) is 0 Å². The van der Waals surface area contributed by atoms with Crippen molar-refractivity contribution in [2.45, 2.75) is 39.9 Å². The van der Waals surface area contributed by atoms with Crippen molar-refractivity contribution in [3.63, 3.8) is 0 Å². The highest BCUT2D eigenvalue weighted by atomic mass is 32.2. The van der Waals surface area contributed by atoms with Crippen LogP contribution in [0.5, 0.6) is 0 Å². The fourth-order valence-corrected chi connectivity index (χ4v) is 3.08. The standard InChI is InChI=1S/C15H28N4OS/c1-7-19(8-2)9-10-21-13(5)15(20)16-14-11(3)17-18(6)12(14)4/h13H,7-10H2,1-6H3,(H,16,20)/t13-/m1/s1. The van der Waals surface area contributed by atoms with Crippen LogP contribution in [0, 0.1) is 13.8 Å². The van der Waals surface area contributed by atoms with Gasteiger partial charge in [0.2, 0.25) is 5.91 Å². The minimum Gasteiger partial charge on any atom is -0.322 e. The van der Waals surface area contributed by atoms with Gasteiger partial charge in [0, 0.05) is 19.3 Å². The van der Waals surface area contributed by atoms with Crippen molar-refractivity contribution in [1.82, 2.24) is 14.7 Å². The monoisotopic (exact) mass is 312 g/mol. The number of nitrogens with one attached hydrogen (secondary N) is 1. The van der Waals surface area contributed by atoms with Crippen molar-refractivity contribution < 1.29 is 4.79 Å². The Morgan fingerprint density at radius 2 is 2.00 bits per heavy atom. The van der Waals surface area contributed by atoms with E-state index in [4.69, 9.17) is 0 Å². The highest BCUT2D eigenvalue weighted by molar-refractivity contribution is 8.00. The molecule has 1 atom stereocenters. The fourth-order valence-electron chi connectivity index (χ4n) is 2.15. The molecule has 0 aliphatic heterocycles.